The summed E-state index contributed by atoms with van der Waals surface area (Å²) in [6.45, 7) is 14.9. The van der Waals surface area contributed by atoms with Crippen LogP contribution in [0.4, 0.5) is 17.1 Å². The van der Waals surface area contributed by atoms with Crippen molar-refractivity contribution in [2.24, 2.45) is 4.99 Å². The number of hydrogen-bond donors (Lipinski definition) is 1. The molecule has 1 N–H and O–H groups in total. The van der Waals surface area contributed by atoms with Gasteiger partial charge < -0.3 is 10.2 Å². The van der Waals surface area contributed by atoms with Gasteiger partial charge in [0.25, 0.3) is 0 Å². The molecule has 1 heterocycles. The molecule has 3 nitrogen and oxygen atoms in total. The Morgan fingerprint density at radius 3 is 2.43 bits per heavy atom. The molecule has 0 radical (unpaired) electrons. The van der Waals surface area contributed by atoms with Crippen LogP contribution in [0.2, 0.25) is 0 Å². The molecular weight excluding hydrogens is 450 g/mol. The lowest BCUT2D eigenvalue weighted by atomic mass is 9.79. The molecule has 0 aromatic heterocycles. The first kappa shape index (κ1) is 26.0. The fraction of sp³-hybridized carbons (Fsp3) is 0.206. The Balaban J connectivity index is 1.59. The first-order valence-corrected chi connectivity index (χ1v) is 12.9. The molecule has 0 fully saturated rings. The highest BCUT2D eigenvalue weighted by molar-refractivity contribution is 6.10. The summed E-state index contributed by atoms with van der Waals surface area (Å²) in [6, 6.07) is 27.3. The monoisotopic (exact) mass is 487 g/mol. The molecular formula is C34H37N3. The maximum Gasteiger partial charge on any atom is 0.0647 e. The van der Waals surface area contributed by atoms with Gasteiger partial charge in [0.2, 0.25) is 0 Å². The highest BCUT2D eigenvalue weighted by atomic mass is 15.1. The van der Waals surface area contributed by atoms with E-state index in [4.69, 9.17) is 4.99 Å². The van der Waals surface area contributed by atoms with Crippen molar-refractivity contribution in [2.45, 2.75) is 38.1 Å². The van der Waals surface area contributed by atoms with E-state index in [2.05, 4.69) is 110 Å². The number of nitrogens with one attached hydrogen (secondary N) is 1. The van der Waals surface area contributed by atoms with Crippen LogP contribution in [0.3, 0.4) is 0 Å². The van der Waals surface area contributed by atoms with Crippen molar-refractivity contribution in [2.75, 3.05) is 17.3 Å². The van der Waals surface area contributed by atoms with E-state index in [9.17, 15) is 0 Å². The largest absolute Gasteiger partial charge is 0.354 e. The quantitative estimate of drug-likeness (QED) is 0.274. The van der Waals surface area contributed by atoms with Crippen molar-refractivity contribution in [1.82, 2.24) is 0 Å². The second kappa shape index (κ2) is 12.2. The Kier molecular flexibility index (Phi) is 8.58. The van der Waals surface area contributed by atoms with Crippen LogP contribution >= 0.6 is 0 Å². The zero-order chi connectivity index (χ0) is 26.2. The Morgan fingerprint density at radius 2 is 1.68 bits per heavy atom. The van der Waals surface area contributed by atoms with E-state index in [-0.39, 0.29) is 12.0 Å². The first-order chi connectivity index (χ1) is 18.0. The average molecular weight is 488 g/mol. The van der Waals surface area contributed by atoms with Crippen LogP contribution in [0.25, 0.3) is 0 Å². The molecule has 0 saturated carbocycles. The minimum absolute atomic E-state index is 0.0745. The van der Waals surface area contributed by atoms with Gasteiger partial charge in [-0.3, -0.25) is 4.99 Å². The molecule has 2 unspecified atom stereocenters. The van der Waals surface area contributed by atoms with Gasteiger partial charge in [0.15, 0.2) is 0 Å². The van der Waals surface area contributed by atoms with Crippen LogP contribution < -0.4 is 10.2 Å². The minimum Gasteiger partial charge on any atom is -0.354 e. The number of fused-ring (bicyclic) bond motifs is 1. The summed E-state index contributed by atoms with van der Waals surface area (Å²) >= 11 is 0. The van der Waals surface area contributed by atoms with E-state index in [1.807, 2.05) is 31.2 Å². The van der Waals surface area contributed by atoms with E-state index in [1.165, 1.54) is 11.1 Å². The maximum absolute atomic E-state index is 5.20. The fourth-order valence-corrected chi connectivity index (χ4v) is 5.05. The lowest BCUT2D eigenvalue weighted by molar-refractivity contribution is 0.490. The van der Waals surface area contributed by atoms with E-state index in [0.29, 0.717) is 0 Å². The third-order valence-corrected chi connectivity index (χ3v) is 7.02. The summed E-state index contributed by atoms with van der Waals surface area (Å²) in [5.41, 5.74) is 8.84. The number of rotatable bonds is 11. The van der Waals surface area contributed by atoms with Crippen LogP contribution in [0.1, 0.15) is 43.2 Å². The summed E-state index contributed by atoms with van der Waals surface area (Å²) in [6.07, 6.45) is 8.72. The molecule has 3 aromatic carbocycles. The molecule has 37 heavy (non-hydrogen) atoms. The molecule has 3 heteroatoms. The van der Waals surface area contributed by atoms with Crippen LogP contribution in [0.15, 0.2) is 133 Å². The summed E-state index contributed by atoms with van der Waals surface area (Å²) in [5.74, 6) is 0.282. The second-order valence-electron chi connectivity index (χ2n) is 9.51. The lowest BCUT2D eigenvalue weighted by Gasteiger charge is -2.34. The van der Waals surface area contributed by atoms with Crippen LogP contribution in [0.5, 0.6) is 0 Å². The fourth-order valence-electron chi connectivity index (χ4n) is 5.05. The molecule has 0 spiro atoms. The number of para-hydroxylation sites is 3. The summed E-state index contributed by atoms with van der Waals surface area (Å²) in [5, 5.41) is 3.55. The van der Waals surface area contributed by atoms with Crippen molar-refractivity contribution in [1.29, 1.82) is 0 Å². The van der Waals surface area contributed by atoms with E-state index >= 15 is 0 Å². The Labute approximate surface area is 222 Å². The normalized spacial score (nSPS) is 16.5. The van der Waals surface area contributed by atoms with Gasteiger partial charge in [-0.05, 0) is 55.7 Å². The van der Waals surface area contributed by atoms with Crippen molar-refractivity contribution < 1.29 is 0 Å². The van der Waals surface area contributed by atoms with Crippen LogP contribution in [0, 0.1) is 0 Å². The van der Waals surface area contributed by atoms with Crippen molar-refractivity contribution >= 4 is 22.8 Å². The van der Waals surface area contributed by atoms with Gasteiger partial charge in [-0.15, -0.1) is 0 Å². The van der Waals surface area contributed by atoms with Gasteiger partial charge in [-0.25, -0.2) is 0 Å². The third kappa shape index (κ3) is 6.18. The summed E-state index contributed by atoms with van der Waals surface area (Å²) < 4.78 is 0. The topological polar surface area (TPSA) is 27.6 Å². The van der Waals surface area contributed by atoms with Gasteiger partial charge in [-0.2, -0.15) is 0 Å². The Bertz CT molecular complexity index is 1320. The number of benzene rings is 3. The highest BCUT2D eigenvalue weighted by Gasteiger charge is 2.31. The van der Waals surface area contributed by atoms with Crippen LogP contribution in [-0.2, 0) is 0 Å². The third-order valence-electron chi connectivity index (χ3n) is 7.02. The molecule has 2 atom stereocenters. The number of aliphatic imine (C=N–C) groups is 1. The van der Waals surface area contributed by atoms with Gasteiger partial charge in [0, 0.05) is 36.3 Å². The molecule has 0 saturated heterocycles. The minimum atomic E-state index is 0.0745. The van der Waals surface area contributed by atoms with Crippen LogP contribution in [-0.4, -0.2) is 18.8 Å². The zero-order valence-electron chi connectivity index (χ0n) is 22.0. The van der Waals surface area contributed by atoms with Gasteiger partial charge >= 0.3 is 0 Å². The van der Waals surface area contributed by atoms with Crippen molar-refractivity contribution in [3.05, 3.63) is 139 Å². The van der Waals surface area contributed by atoms with Crippen molar-refractivity contribution in [3.63, 3.8) is 0 Å². The lowest BCUT2D eigenvalue weighted by Crippen LogP contribution is -2.29. The predicted octanol–water partition coefficient (Wildman–Crippen LogP) is 8.82. The number of allylic oxidation sites excluding steroid dienone is 4. The Hall–Kier alpha value is -4.11. The average Bonchev–Trinajstić information content (AvgIpc) is 2.92. The molecule has 1 aliphatic rings. The SMILES string of the molecule is C=CC1=NC(CC(=C)N(C)c2ccccc2Nc2ccccc2)C(CCC(=C)/C=C\C)c2ccccc21. The molecule has 0 bridgehead atoms. The van der Waals surface area contributed by atoms with E-state index in [0.717, 1.165) is 53.3 Å². The van der Waals surface area contributed by atoms with E-state index < -0.39 is 0 Å². The second-order valence-corrected chi connectivity index (χ2v) is 9.51. The number of anilines is 3. The number of nitrogens with zero attached hydrogens (tertiary/aromatic N) is 2. The first-order valence-electron chi connectivity index (χ1n) is 12.9. The molecule has 1 aliphatic heterocycles. The van der Waals surface area contributed by atoms with Gasteiger partial charge in [-0.1, -0.05) is 92.1 Å². The molecule has 188 valence electrons. The Morgan fingerprint density at radius 1 is 0.973 bits per heavy atom. The number of hydrogen-bond acceptors (Lipinski definition) is 3. The molecule has 3 aromatic rings. The molecule has 4 rings (SSSR count). The standard InChI is InChI=1S/C34H37N3/c1-6-15-25(3)22-23-30-28-18-11-12-19-29(28)31(7-2)36-33(30)24-26(4)37(5)34-21-14-13-20-32(34)35-27-16-9-8-10-17-27/h6-21,30,33,35H,2-4,22-24H2,1,5H3/b15-6-. The summed E-state index contributed by atoms with van der Waals surface area (Å²) in [7, 11) is 2.09. The zero-order valence-corrected chi connectivity index (χ0v) is 22.0. The maximum atomic E-state index is 5.20. The van der Waals surface area contributed by atoms with Crippen molar-refractivity contribution in [3.8, 4) is 0 Å². The molecule has 0 aliphatic carbocycles. The summed E-state index contributed by atoms with van der Waals surface area (Å²) in [4.78, 5) is 7.39. The van der Waals surface area contributed by atoms with E-state index in [1.54, 1.807) is 0 Å². The van der Waals surface area contributed by atoms with Gasteiger partial charge in [0.05, 0.1) is 23.1 Å². The molecule has 0 amide bonds. The van der Waals surface area contributed by atoms with Gasteiger partial charge in [0.1, 0.15) is 0 Å². The highest BCUT2D eigenvalue weighted by Crippen LogP contribution is 2.39. The smallest absolute Gasteiger partial charge is 0.0647 e. The predicted molar refractivity (Wildman–Crippen MR) is 161 cm³/mol.